The number of carbonyl (C=O) groups excluding carboxylic acids is 2. The van der Waals surface area contributed by atoms with Crippen molar-refractivity contribution < 1.29 is 18.7 Å². The second kappa shape index (κ2) is 8.93. The van der Waals surface area contributed by atoms with Crippen LogP contribution >= 0.6 is 11.3 Å². The van der Waals surface area contributed by atoms with Crippen molar-refractivity contribution in [2.45, 2.75) is 32.4 Å². The number of ether oxygens (including phenoxy) is 1. The number of halogens is 1. The Balaban J connectivity index is 1.49. The minimum atomic E-state index is -0.875. The minimum absolute atomic E-state index is 0.130. The van der Waals surface area contributed by atoms with Crippen LogP contribution in [0, 0.1) is 5.82 Å². The Morgan fingerprint density at radius 3 is 2.61 bits per heavy atom. The van der Waals surface area contributed by atoms with E-state index in [2.05, 4.69) is 4.98 Å². The Hall–Kier alpha value is -2.80. The van der Waals surface area contributed by atoms with Crippen LogP contribution in [-0.4, -0.2) is 34.9 Å². The van der Waals surface area contributed by atoms with Crippen LogP contribution in [0.1, 0.15) is 23.9 Å². The van der Waals surface area contributed by atoms with Gasteiger partial charge >= 0.3 is 5.97 Å². The molecule has 5 nitrogen and oxygen atoms in total. The van der Waals surface area contributed by atoms with Crippen molar-refractivity contribution in [1.29, 1.82) is 0 Å². The van der Waals surface area contributed by atoms with E-state index in [0.717, 1.165) is 20.8 Å². The highest BCUT2D eigenvalue weighted by molar-refractivity contribution is 7.18. The second-order valence-electron chi connectivity index (χ2n) is 6.53. The molecule has 0 aliphatic carbocycles. The summed E-state index contributed by atoms with van der Waals surface area (Å²) in [6.07, 6.45) is -0.313. The molecule has 0 fully saturated rings. The van der Waals surface area contributed by atoms with E-state index in [0.29, 0.717) is 13.0 Å². The van der Waals surface area contributed by atoms with Crippen molar-refractivity contribution >= 4 is 33.4 Å². The minimum Gasteiger partial charge on any atom is -0.453 e. The molecule has 28 heavy (non-hydrogen) atoms. The SMILES string of the molecule is CC(OC(=O)CCc1ccc(F)cc1)C(=O)N(C)Cc1nc2ccccc2s1. The van der Waals surface area contributed by atoms with Crippen molar-refractivity contribution in [2.24, 2.45) is 0 Å². The molecule has 3 rings (SSSR count). The number of carbonyl (C=O) groups is 2. The first-order valence-corrected chi connectivity index (χ1v) is 9.77. The van der Waals surface area contributed by atoms with Gasteiger partial charge < -0.3 is 9.64 Å². The summed E-state index contributed by atoms with van der Waals surface area (Å²) in [6, 6.07) is 13.8. The van der Waals surface area contributed by atoms with E-state index in [1.165, 1.54) is 28.4 Å². The largest absolute Gasteiger partial charge is 0.453 e. The van der Waals surface area contributed by atoms with Gasteiger partial charge in [-0.15, -0.1) is 11.3 Å². The zero-order chi connectivity index (χ0) is 20.1. The zero-order valence-electron chi connectivity index (χ0n) is 15.7. The number of hydrogen-bond acceptors (Lipinski definition) is 5. The molecule has 0 bridgehead atoms. The molecular weight excluding hydrogens is 379 g/mol. The Morgan fingerprint density at radius 1 is 1.18 bits per heavy atom. The number of aryl methyl sites for hydroxylation is 1. The normalized spacial score (nSPS) is 12.0. The summed E-state index contributed by atoms with van der Waals surface area (Å²) in [5.41, 5.74) is 1.74. The maximum atomic E-state index is 12.9. The summed E-state index contributed by atoms with van der Waals surface area (Å²) in [5.74, 6) is -1.06. The van der Waals surface area contributed by atoms with Crippen molar-refractivity contribution in [3.8, 4) is 0 Å². The Bertz CT molecular complexity index is 938. The summed E-state index contributed by atoms with van der Waals surface area (Å²) in [4.78, 5) is 30.5. The number of benzene rings is 2. The molecule has 0 saturated carbocycles. The van der Waals surface area contributed by atoms with Gasteiger partial charge in [0, 0.05) is 13.5 Å². The van der Waals surface area contributed by atoms with Gasteiger partial charge in [0.25, 0.3) is 5.91 Å². The molecule has 0 aliphatic heterocycles. The maximum Gasteiger partial charge on any atom is 0.306 e. The third-order valence-corrected chi connectivity index (χ3v) is 5.30. The number of esters is 1. The van der Waals surface area contributed by atoms with E-state index in [4.69, 9.17) is 4.74 Å². The van der Waals surface area contributed by atoms with Gasteiger partial charge in [-0.05, 0) is 43.2 Å². The number of rotatable bonds is 7. The maximum absolute atomic E-state index is 12.9. The monoisotopic (exact) mass is 400 g/mol. The number of likely N-dealkylation sites (N-methyl/N-ethyl adjacent to an activating group) is 1. The van der Waals surface area contributed by atoms with Gasteiger partial charge in [-0.1, -0.05) is 24.3 Å². The van der Waals surface area contributed by atoms with Gasteiger partial charge in [0.15, 0.2) is 6.10 Å². The van der Waals surface area contributed by atoms with E-state index in [1.54, 1.807) is 26.1 Å². The van der Waals surface area contributed by atoms with Gasteiger partial charge in [-0.2, -0.15) is 0 Å². The van der Waals surface area contributed by atoms with Crippen LogP contribution in [0.25, 0.3) is 10.2 Å². The van der Waals surface area contributed by atoms with E-state index >= 15 is 0 Å². The molecule has 146 valence electrons. The molecule has 0 aliphatic rings. The average Bonchev–Trinajstić information content (AvgIpc) is 3.09. The third kappa shape index (κ3) is 5.13. The van der Waals surface area contributed by atoms with Gasteiger partial charge in [0.1, 0.15) is 10.8 Å². The van der Waals surface area contributed by atoms with Gasteiger partial charge in [-0.3, -0.25) is 9.59 Å². The fraction of sp³-hybridized carbons (Fsp3) is 0.286. The highest BCUT2D eigenvalue weighted by Crippen LogP contribution is 2.22. The summed E-state index contributed by atoms with van der Waals surface area (Å²) in [7, 11) is 1.66. The van der Waals surface area contributed by atoms with Crippen molar-refractivity contribution in [3.05, 3.63) is 64.9 Å². The number of thiazole rings is 1. The van der Waals surface area contributed by atoms with Gasteiger partial charge in [-0.25, -0.2) is 9.37 Å². The molecule has 1 heterocycles. The molecule has 1 amide bonds. The predicted octanol–water partition coefficient (Wildman–Crippen LogP) is 3.96. The fourth-order valence-electron chi connectivity index (χ4n) is 2.78. The molecule has 3 aromatic rings. The van der Waals surface area contributed by atoms with Crippen LogP contribution < -0.4 is 0 Å². The number of nitrogens with zero attached hydrogens (tertiary/aromatic N) is 2. The van der Waals surface area contributed by atoms with Gasteiger partial charge in [0.05, 0.1) is 16.8 Å². The van der Waals surface area contributed by atoms with Crippen LogP contribution in [0.3, 0.4) is 0 Å². The topological polar surface area (TPSA) is 59.5 Å². The Morgan fingerprint density at radius 2 is 1.89 bits per heavy atom. The number of fused-ring (bicyclic) bond motifs is 1. The molecule has 0 N–H and O–H groups in total. The lowest BCUT2D eigenvalue weighted by molar-refractivity contribution is -0.158. The average molecular weight is 400 g/mol. The first-order chi connectivity index (χ1) is 13.4. The molecule has 0 radical (unpaired) electrons. The van der Waals surface area contributed by atoms with Crippen molar-refractivity contribution in [2.75, 3.05) is 7.05 Å². The fourth-order valence-corrected chi connectivity index (χ4v) is 3.80. The molecule has 1 atom stereocenters. The van der Waals surface area contributed by atoms with Crippen molar-refractivity contribution in [3.63, 3.8) is 0 Å². The smallest absolute Gasteiger partial charge is 0.306 e. The van der Waals surface area contributed by atoms with E-state index in [9.17, 15) is 14.0 Å². The van der Waals surface area contributed by atoms with Crippen LogP contribution in [0.15, 0.2) is 48.5 Å². The summed E-state index contributed by atoms with van der Waals surface area (Å²) >= 11 is 1.54. The van der Waals surface area contributed by atoms with E-state index in [1.807, 2.05) is 24.3 Å². The first kappa shape index (κ1) is 19.9. The zero-order valence-corrected chi connectivity index (χ0v) is 16.5. The molecular formula is C21H21FN2O3S. The summed E-state index contributed by atoms with van der Waals surface area (Å²) in [6.45, 7) is 1.92. The lowest BCUT2D eigenvalue weighted by Gasteiger charge is -2.20. The lowest BCUT2D eigenvalue weighted by Crippen LogP contribution is -2.37. The number of para-hydroxylation sites is 1. The Labute approximate surface area is 166 Å². The predicted molar refractivity (Wildman–Crippen MR) is 106 cm³/mol. The molecule has 0 spiro atoms. The quantitative estimate of drug-likeness (QED) is 0.564. The van der Waals surface area contributed by atoms with Gasteiger partial charge in [0.2, 0.25) is 0 Å². The van der Waals surface area contributed by atoms with Crippen LogP contribution in [0.2, 0.25) is 0 Å². The van der Waals surface area contributed by atoms with Crippen LogP contribution in [0.5, 0.6) is 0 Å². The first-order valence-electron chi connectivity index (χ1n) is 8.95. The number of aromatic nitrogens is 1. The second-order valence-corrected chi connectivity index (χ2v) is 7.64. The van der Waals surface area contributed by atoms with Crippen LogP contribution in [0.4, 0.5) is 4.39 Å². The summed E-state index contributed by atoms with van der Waals surface area (Å²) < 4.78 is 19.2. The van der Waals surface area contributed by atoms with E-state index in [-0.39, 0.29) is 18.1 Å². The molecule has 7 heteroatoms. The van der Waals surface area contributed by atoms with Crippen LogP contribution in [-0.2, 0) is 27.3 Å². The highest BCUT2D eigenvalue weighted by atomic mass is 32.1. The summed E-state index contributed by atoms with van der Waals surface area (Å²) in [5, 5.41) is 0.826. The highest BCUT2D eigenvalue weighted by Gasteiger charge is 2.22. The molecule has 1 unspecified atom stereocenters. The number of hydrogen-bond donors (Lipinski definition) is 0. The molecule has 0 saturated heterocycles. The molecule has 2 aromatic carbocycles. The third-order valence-electron chi connectivity index (χ3n) is 4.27. The van der Waals surface area contributed by atoms with E-state index < -0.39 is 12.1 Å². The lowest BCUT2D eigenvalue weighted by atomic mass is 10.1. The molecule has 1 aromatic heterocycles. The standard InChI is InChI=1S/C21H21FN2O3S/c1-14(27-20(25)12-9-15-7-10-16(22)11-8-15)21(26)24(2)13-19-23-17-5-3-4-6-18(17)28-19/h3-8,10-11,14H,9,12-13H2,1-2H3. The Kier molecular flexibility index (Phi) is 6.36. The number of amides is 1. The van der Waals surface area contributed by atoms with Crippen molar-refractivity contribution in [1.82, 2.24) is 9.88 Å².